The van der Waals surface area contributed by atoms with Crippen molar-refractivity contribution in [3.8, 4) is 11.5 Å². The van der Waals surface area contributed by atoms with Crippen molar-refractivity contribution in [2.24, 2.45) is 0 Å². The third-order valence-corrected chi connectivity index (χ3v) is 4.78. The van der Waals surface area contributed by atoms with E-state index < -0.39 is 16.6 Å². The maximum atomic E-state index is 12.2. The average molecular weight is 371 g/mol. The first-order valence-corrected chi connectivity index (χ1v) is 9.15. The smallest absolute Gasteiger partial charge is 0.387 e. The highest BCUT2D eigenvalue weighted by atomic mass is 32.2. The summed E-state index contributed by atoms with van der Waals surface area (Å²) in [5, 5.41) is 0. The number of halogens is 2. The molecule has 0 spiro atoms. The molecule has 2 rings (SSSR count). The van der Waals surface area contributed by atoms with Crippen LogP contribution in [-0.2, 0) is 16.4 Å². The van der Waals surface area contributed by atoms with E-state index in [9.17, 15) is 17.2 Å². The molecular weight excluding hydrogens is 352 g/mol. The number of alkyl halides is 2. The van der Waals surface area contributed by atoms with Crippen molar-refractivity contribution in [2.75, 3.05) is 13.2 Å². The fourth-order valence-corrected chi connectivity index (χ4v) is 3.16. The van der Waals surface area contributed by atoms with E-state index in [0.717, 1.165) is 5.56 Å². The summed E-state index contributed by atoms with van der Waals surface area (Å²) in [4.78, 5) is 0.150. The van der Waals surface area contributed by atoms with E-state index in [-0.39, 0.29) is 17.2 Å². The number of hydrogen-bond acceptors (Lipinski definition) is 4. The Kier molecular flexibility index (Phi) is 6.72. The van der Waals surface area contributed by atoms with Gasteiger partial charge >= 0.3 is 6.61 Å². The molecular formula is C17H19F2NO4S. The molecule has 8 heteroatoms. The highest BCUT2D eigenvalue weighted by Gasteiger charge is 2.13. The van der Waals surface area contributed by atoms with E-state index in [2.05, 4.69) is 9.46 Å². The molecule has 25 heavy (non-hydrogen) atoms. The van der Waals surface area contributed by atoms with E-state index in [0.29, 0.717) is 18.8 Å². The van der Waals surface area contributed by atoms with Gasteiger partial charge in [0.2, 0.25) is 10.0 Å². The quantitative estimate of drug-likeness (QED) is 0.735. The van der Waals surface area contributed by atoms with Crippen molar-refractivity contribution >= 4 is 10.0 Å². The normalized spacial score (nSPS) is 11.5. The molecule has 0 radical (unpaired) electrons. The van der Waals surface area contributed by atoms with Gasteiger partial charge in [-0.15, -0.1) is 0 Å². The Bertz CT molecular complexity index is 762. The first kappa shape index (κ1) is 19.1. The summed E-state index contributed by atoms with van der Waals surface area (Å²) < 4.78 is 60.6. The van der Waals surface area contributed by atoms with Crippen LogP contribution >= 0.6 is 0 Å². The van der Waals surface area contributed by atoms with E-state index in [1.54, 1.807) is 24.3 Å². The fourth-order valence-electron chi connectivity index (χ4n) is 2.13. The van der Waals surface area contributed by atoms with Gasteiger partial charge in [0, 0.05) is 6.54 Å². The maximum absolute atomic E-state index is 12.2. The second-order valence-corrected chi connectivity index (χ2v) is 6.84. The van der Waals surface area contributed by atoms with Gasteiger partial charge in [-0.2, -0.15) is 8.78 Å². The zero-order valence-corrected chi connectivity index (χ0v) is 14.4. The molecule has 0 heterocycles. The molecule has 1 N–H and O–H groups in total. The third kappa shape index (κ3) is 5.99. The first-order chi connectivity index (χ1) is 11.9. The molecule has 0 atom stereocenters. The molecule has 0 fully saturated rings. The number of sulfonamides is 1. The van der Waals surface area contributed by atoms with Crippen LogP contribution in [0.4, 0.5) is 8.78 Å². The Morgan fingerprint density at radius 1 is 1.00 bits per heavy atom. The van der Waals surface area contributed by atoms with Crippen molar-refractivity contribution < 1.29 is 26.7 Å². The first-order valence-electron chi connectivity index (χ1n) is 7.67. The van der Waals surface area contributed by atoms with Crippen molar-refractivity contribution in [1.82, 2.24) is 4.72 Å². The summed E-state index contributed by atoms with van der Waals surface area (Å²) in [6, 6.07) is 12.2. The second kappa shape index (κ2) is 8.77. The Hall–Kier alpha value is -2.19. The lowest BCUT2D eigenvalue weighted by Gasteiger charge is -2.09. The average Bonchev–Trinajstić information content (AvgIpc) is 2.57. The summed E-state index contributed by atoms with van der Waals surface area (Å²) in [6.07, 6.45) is 0.422. The molecule has 2 aromatic carbocycles. The molecule has 136 valence electrons. The minimum Gasteiger partial charge on any atom is -0.494 e. The van der Waals surface area contributed by atoms with Gasteiger partial charge < -0.3 is 9.47 Å². The SMILES string of the molecule is CCOc1ccc(S(=O)(=O)NCCc2ccc(OC(F)F)cc2)cc1. The Morgan fingerprint density at radius 3 is 2.16 bits per heavy atom. The van der Waals surface area contributed by atoms with Crippen LogP contribution in [0.2, 0.25) is 0 Å². The fraction of sp³-hybridized carbons (Fsp3) is 0.294. The largest absolute Gasteiger partial charge is 0.494 e. The molecule has 0 bridgehead atoms. The standard InChI is InChI=1S/C17H19F2NO4S/c1-2-23-14-7-9-16(10-8-14)25(21,22)20-12-11-13-3-5-15(6-4-13)24-17(18)19/h3-10,17,20H,2,11-12H2,1H3. The maximum Gasteiger partial charge on any atom is 0.387 e. The van der Waals surface area contributed by atoms with Crippen LogP contribution in [0.15, 0.2) is 53.4 Å². The molecule has 0 unspecified atom stereocenters. The Labute approximate surface area is 145 Å². The lowest BCUT2D eigenvalue weighted by Crippen LogP contribution is -2.25. The van der Waals surface area contributed by atoms with Gasteiger partial charge in [-0.25, -0.2) is 13.1 Å². The van der Waals surface area contributed by atoms with Crippen molar-refractivity contribution in [1.29, 1.82) is 0 Å². The third-order valence-electron chi connectivity index (χ3n) is 3.30. The molecule has 0 amide bonds. The van der Waals surface area contributed by atoms with Gasteiger partial charge in [-0.05, 0) is 55.3 Å². The van der Waals surface area contributed by atoms with Crippen LogP contribution in [0.1, 0.15) is 12.5 Å². The summed E-state index contributed by atoms with van der Waals surface area (Å²) in [7, 11) is -3.62. The molecule has 0 saturated carbocycles. The van der Waals surface area contributed by atoms with E-state index in [4.69, 9.17) is 4.74 Å². The lowest BCUT2D eigenvalue weighted by molar-refractivity contribution is -0.0498. The van der Waals surface area contributed by atoms with Crippen molar-refractivity contribution in [3.63, 3.8) is 0 Å². The van der Waals surface area contributed by atoms with Crippen LogP contribution in [-0.4, -0.2) is 28.2 Å². The van der Waals surface area contributed by atoms with Gasteiger partial charge in [0.25, 0.3) is 0 Å². The summed E-state index contributed by atoms with van der Waals surface area (Å²) >= 11 is 0. The molecule has 0 aliphatic carbocycles. The second-order valence-electron chi connectivity index (χ2n) is 5.07. The summed E-state index contributed by atoms with van der Waals surface area (Å²) in [5.74, 6) is 0.668. The van der Waals surface area contributed by atoms with Gasteiger partial charge in [0.15, 0.2) is 0 Å². The highest BCUT2D eigenvalue weighted by Crippen LogP contribution is 2.17. The summed E-state index contributed by atoms with van der Waals surface area (Å²) in [6.45, 7) is -0.333. The Morgan fingerprint density at radius 2 is 1.60 bits per heavy atom. The van der Waals surface area contributed by atoms with Crippen molar-refractivity contribution in [3.05, 3.63) is 54.1 Å². The van der Waals surface area contributed by atoms with Gasteiger partial charge in [-0.3, -0.25) is 0 Å². The van der Waals surface area contributed by atoms with E-state index in [1.807, 2.05) is 6.92 Å². The van der Waals surface area contributed by atoms with E-state index >= 15 is 0 Å². The summed E-state index contributed by atoms with van der Waals surface area (Å²) in [5.41, 5.74) is 0.802. The van der Waals surface area contributed by atoms with Crippen LogP contribution < -0.4 is 14.2 Å². The zero-order chi connectivity index (χ0) is 18.3. The van der Waals surface area contributed by atoms with Gasteiger partial charge in [0.05, 0.1) is 11.5 Å². The lowest BCUT2D eigenvalue weighted by atomic mass is 10.1. The number of nitrogens with one attached hydrogen (secondary N) is 1. The molecule has 0 aromatic heterocycles. The topological polar surface area (TPSA) is 64.6 Å². The predicted molar refractivity (Wildman–Crippen MR) is 89.6 cm³/mol. The minimum absolute atomic E-state index is 0.0636. The van der Waals surface area contributed by atoms with Gasteiger partial charge in [0.1, 0.15) is 11.5 Å². The molecule has 0 aliphatic rings. The number of rotatable bonds is 9. The van der Waals surface area contributed by atoms with Crippen LogP contribution in [0, 0.1) is 0 Å². The van der Waals surface area contributed by atoms with Crippen LogP contribution in [0.25, 0.3) is 0 Å². The Balaban J connectivity index is 1.89. The minimum atomic E-state index is -3.62. The zero-order valence-electron chi connectivity index (χ0n) is 13.6. The molecule has 0 aliphatic heterocycles. The highest BCUT2D eigenvalue weighted by molar-refractivity contribution is 7.89. The monoisotopic (exact) mass is 371 g/mol. The van der Waals surface area contributed by atoms with Crippen LogP contribution in [0.5, 0.6) is 11.5 Å². The number of hydrogen-bond donors (Lipinski definition) is 1. The molecule has 0 saturated heterocycles. The van der Waals surface area contributed by atoms with Gasteiger partial charge in [-0.1, -0.05) is 12.1 Å². The predicted octanol–water partition coefficient (Wildman–Crippen LogP) is 3.21. The van der Waals surface area contributed by atoms with E-state index in [1.165, 1.54) is 24.3 Å². The number of ether oxygens (including phenoxy) is 2. The van der Waals surface area contributed by atoms with Crippen LogP contribution in [0.3, 0.4) is 0 Å². The molecule has 2 aromatic rings. The molecule has 5 nitrogen and oxygen atoms in total. The number of benzene rings is 2. The van der Waals surface area contributed by atoms with Crippen molar-refractivity contribution in [2.45, 2.75) is 24.9 Å².